The first-order valence-corrected chi connectivity index (χ1v) is 7.38. The highest BCUT2D eigenvalue weighted by Gasteiger charge is 2.28. The fourth-order valence-corrected chi connectivity index (χ4v) is 3.18. The van der Waals surface area contributed by atoms with Crippen molar-refractivity contribution in [2.24, 2.45) is 4.99 Å². The average Bonchev–Trinajstić information content (AvgIpc) is 2.79. The van der Waals surface area contributed by atoms with Crippen LogP contribution in [0.5, 0.6) is 0 Å². The van der Waals surface area contributed by atoms with Gasteiger partial charge in [0.05, 0.1) is 5.69 Å². The Bertz CT molecular complexity index is 941. The van der Waals surface area contributed by atoms with Crippen LogP contribution in [0.4, 0.5) is 5.69 Å². The molecule has 0 fully saturated rings. The van der Waals surface area contributed by atoms with Crippen molar-refractivity contribution in [1.82, 2.24) is 0 Å². The topological polar surface area (TPSA) is 29.4 Å². The van der Waals surface area contributed by atoms with E-state index in [2.05, 4.69) is 0 Å². The minimum absolute atomic E-state index is 0.0226. The van der Waals surface area contributed by atoms with Crippen LogP contribution in [-0.2, 0) is 0 Å². The zero-order valence-corrected chi connectivity index (χ0v) is 12.6. The van der Waals surface area contributed by atoms with Crippen molar-refractivity contribution < 1.29 is 4.79 Å². The molecule has 0 bridgehead atoms. The highest BCUT2D eigenvalue weighted by atomic mass is 16.1. The molecule has 0 saturated carbocycles. The maximum absolute atomic E-state index is 12.8. The first kappa shape index (κ1) is 13.0. The van der Waals surface area contributed by atoms with E-state index in [0.29, 0.717) is 5.71 Å². The molecule has 106 valence electrons. The molecule has 0 spiro atoms. The van der Waals surface area contributed by atoms with Gasteiger partial charge < -0.3 is 0 Å². The van der Waals surface area contributed by atoms with Gasteiger partial charge in [0.15, 0.2) is 0 Å². The summed E-state index contributed by atoms with van der Waals surface area (Å²) in [7, 11) is 0. The Balaban J connectivity index is 2.02. The van der Waals surface area contributed by atoms with Gasteiger partial charge in [-0.3, -0.25) is 4.79 Å². The number of ketones is 1. The zero-order chi connectivity index (χ0) is 15.3. The van der Waals surface area contributed by atoms with Crippen LogP contribution in [0, 0.1) is 13.8 Å². The van der Waals surface area contributed by atoms with Gasteiger partial charge in [-0.1, -0.05) is 54.6 Å². The zero-order valence-electron chi connectivity index (χ0n) is 12.6. The Morgan fingerprint density at radius 1 is 0.773 bits per heavy atom. The fourth-order valence-electron chi connectivity index (χ4n) is 3.18. The number of hydrogen-bond donors (Lipinski definition) is 0. The quantitative estimate of drug-likeness (QED) is 0.633. The number of aryl methyl sites for hydroxylation is 2. The van der Waals surface area contributed by atoms with Crippen molar-refractivity contribution in [3.63, 3.8) is 0 Å². The molecule has 1 aliphatic carbocycles. The minimum Gasteiger partial charge on any atom is -0.287 e. The molecule has 1 aliphatic rings. The molecule has 3 aromatic carbocycles. The number of carbonyl (C=O) groups excluding carboxylic acids is 1. The summed E-state index contributed by atoms with van der Waals surface area (Å²) in [5, 5.41) is 2.12. The van der Waals surface area contributed by atoms with E-state index >= 15 is 0 Å². The highest BCUT2D eigenvalue weighted by Crippen LogP contribution is 2.33. The summed E-state index contributed by atoms with van der Waals surface area (Å²) in [5.74, 6) is 0.0226. The van der Waals surface area contributed by atoms with Crippen LogP contribution < -0.4 is 0 Å². The normalized spacial score (nSPS) is 15.0. The molecule has 0 unspecified atom stereocenters. The molecular weight excluding hydrogens is 270 g/mol. The lowest BCUT2D eigenvalue weighted by Crippen LogP contribution is -2.08. The molecule has 22 heavy (non-hydrogen) atoms. The smallest absolute Gasteiger partial charge is 0.212 e. The Morgan fingerprint density at radius 2 is 1.36 bits per heavy atom. The molecule has 0 saturated heterocycles. The Morgan fingerprint density at radius 3 is 2.05 bits per heavy atom. The van der Waals surface area contributed by atoms with Crippen molar-refractivity contribution in [2.75, 3.05) is 0 Å². The SMILES string of the molecule is Cc1cccc(C)c1/N=C1/C(=O)c2cccc3cccc1c23. The summed E-state index contributed by atoms with van der Waals surface area (Å²) in [5.41, 5.74) is 5.34. The van der Waals surface area contributed by atoms with E-state index in [1.807, 2.05) is 68.4 Å². The Labute approximate surface area is 129 Å². The van der Waals surface area contributed by atoms with Crippen molar-refractivity contribution in [2.45, 2.75) is 13.8 Å². The van der Waals surface area contributed by atoms with E-state index in [1.54, 1.807) is 0 Å². The van der Waals surface area contributed by atoms with E-state index in [1.165, 1.54) is 0 Å². The van der Waals surface area contributed by atoms with Gasteiger partial charge in [-0.05, 0) is 30.4 Å². The molecule has 0 atom stereocenters. The Hall–Kier alpha value is -2.74. The largest absolute Gasteiger partial charge is 0.287 e. The molecule has 3 aromatic rings. The van der Waals surface area contributed by atoms with Crippen LogP contribution in [0.1, 0.15) is 27.0 Å². The third-order valence-electron chi connectivity index (χ3n) is 4.28. The van der Waals surface area contributed by atoms with E-state index in [9.17, 15) is 4.79 Å². The summed E-state index contributed by atoms with van der Waals surface area (Å²) < 4.78 is 0. The van der Waals surface area contributed by atoms with Crippen LogP contribution in [0.15, 0.2) is 59.6 Å². The number of rotatable bonds is 1. The van der Waals surface area contributed by atoms with Gasteiger partial charge in [-0.15, -0.1) is 0 Å². The first-order chi connectivity index (χ1) is 10.7. The number of benzene rings is 3. The number of carbonyl (C=O) groups is 1. The van der Waals surface area contributed by atoms with Gasteiger partial charge in [0.2, 0.25) is 5.78 Å². The molecule has 0 amide bonds. The van der Waals surface area contributed by atoms with Crippen LogP contribution in [-0.4, -0.2) is 11.5 Å². The number of nitrogens with zero attached hydrogens (tertiary/aromatic N) is 1. The molecule has 2 nitrogen and oxygen atoms in total. The van der Waals surface area contributed by atoms with Crippen LogP contribution >= 0.6 is 0 Å². The molecule has 0 aromatic heterocycles. The lowest BCUT2D eigenvalue weighted by atomic mass is 10.1. The third-order valence-corrected chi connectivity index (χ3v) is 4.28. The summed E-state index contributed by atoms with van der Waals surface area (Å²) in [6.45, 7) is 4.05. The van der Waals surface area contributed by atoms with Gasteiger partial charge in [0.1, 0.15) is 5.71 Å². The highest BCUT2D eigenvalue weighted by molar-refractivity contribution is 6.59. The number of para-hydroxylation sites is 1. The summed E-state index contributed by atoms with van der Waals surface area (Å²) in [6.07, 6.45) is 0. The standard InChI is InChI=1S/C20H15NO/c1-12-6-3-7-13(2)18(12)21-19-15-10-4-8-14-9-5-11-16(17(14)15)20(19)22/h3-11H,1-2H3/b21-19+. The fraction of sp³-hybridized carbons (Fsp3) is 0.100. The lowest BCUT2D eigenvalue weighted by Gasteiger charge is -2.06. The van der Waals surface area contributed by atoms with Gasteiger partial charge in [-0.25, -0.2) is 4.99 Å². The van der Waals surface area contributed by atoms with E-state index in [0.717, 1.165) is 38.7 Å². The van der Waals surface area contributed by atoms with E-state index < -0.39 is 0 Å². The molecule has 4 rings (SSSR count). The van der Waals surface area contributed by atoms with Crippen LogP contribution in [0.25, 0.3) is 10.8 Å². The number of aliphatic imine (C=N–C) groups is 1. The second kappa shape index (κ2) is 4.63. The minimum atomic E-state index is 0.0226. The van der Waals surface area contributed by atoms with Gasteiger partial charge >= 0.3 is 0 Å². The Kier molecular flexibility index (Phi) is 2.73. The monoisotopic (exact) mass is 285 g/mol. The van der Waals surface area contributed by atoms with Crippen molar-refractivity contribution in [3.05, 3.63) is 76.9 Å². The first-order valence-electron chi connectivity index (χ1n) is 7.38. The molecule has 0 heterocycles. The predicted octanol–water partition coefficient (Wildman–Crippen LogP) is 4.77. The number of Topliss-reactive ketones (excluding diaryl/α,β-unsaturated/α-hetero) is 1. The van der Waals surface area contributed by atoms with Crippen LogP contribution in [0.2, 0.25) is 0 Å². The maximum Gasteiger partial charge on any atom is 0.212 e. The lowest BCUT2D eigenvalue weighted by molar-refractivity contribution is 0.107. The average molecular weight is 285 g/mol. The van der Waals surface area contributed by atoms with E-state index in [-0.39, 0.29) is 5.78 Å². The van der Waals surface area contributed by atoms with Gasteiger partial charge in [-0.2, -0.15) is 0 Å². The van der Waals surface area contributed by atoms with Crippen LogP contribution in [0.3, 0.4) is 0 Å². The third kappa shape index (κ3) is 1.74. The van der Waals surface area contributed by atoms with Crippen molar-refractivity contribution in [1.29, 1.82) is 0 Å². The van der Waals surface area contributed by atoms with E-state index in [4.69, 9.17) is 4.99 Å². The van der Waals surface area contributed by atoms with Gasteiger partial charge in [0, 0.05) is 16.5 Å². The molecule has 0 aliphatic heterocycles. The number of hydrogen-bond acceptors (Lipinski definition) is 2. The molecule has 0 radical (unpaired) electrons. The summed E-state index contributed by atoms with van der Waals surface area (Å²) in [4.78, 5) is 17.5. The van der Waals surface area contributed by atoms with Gasteiger partial charge in [0.25, 0.3) is 0 Å². The summed E-state index contributed by atoms with van der Waals surface area (Å²) >= 11 is 0. The predicted molar refractivity (Wildman–Crippen MR) is 90.4 cm³/mol. The van der Waals surface area contributed by atoms with Crippen molar-refractivity contribution in [3.8, 4) is 0 Å². The second-order valence-corrected chi connectivity index (χ2v) is 5.74. The van der Waals surface area contributed by atoms with Crippen molar-refractivity contribution >= 4 is 28.0 Å². The maximum atomic E-state index is 12.8. The second-order valence-electron chi connectivity index (χ2n) is 5.74. The molecule has 2 heteroatoms. The molecular formula is C20H15NO. The summed E-state index contributed by atoms with van der Waals surface area (Å²) in [6, 6.07) is 17.9. The molecule has 0 N–H and O–H groups in total.